The summed E-state index contributed by atoms with van der Waals surface area (Å²) >= 11 is 0. The molecule has 1 spiro atoms. The molecule has 1 heterocycles. The molecule has 2 atom stereocenters. The van der Waals surface area contributed by atoms with Crippen LogP contribution in [-0.4, -0.2) is 45.3 Å². The molecule has 2 fully saturated rings. The predicted octanol–water partition coefficient (Wildman–Crippen LogP) is 3.56. The van der Waals surface area contributed by atoms with Gasteiger partial charge in [0, 0.05) is 23.7 Å². The van der Waals surface area contributed by atoms with Crippen LogP contribution in [-0.2, 0) is 21.7 Å². The molecule has 5 rings (SSSR count). The summed E-state index contributed by atoms with van der Waals surface area (Å²) in [7, 11) is 0. The van der Waals surface area contributed by atoms with E-state index in [1.165, 1.54) is 6.08 Å². The number of urea groups is 1. The van der Waals surface area contributed by atoms with Crippen molar-refractivity contribution >= 4 is 23.6 Å². The maximum Gasteiger partial charge on any atom is 0.326 e. The molecule has 3 aliphatic rings. The van der Waals surface area contributed by atoms with Crippen LogP contribution in [0.1, 0.15) is 42.9 Å². The van der Waals surface area contributed by atoms with E-state index < -0.39 is 17.5 Å². The smallest absolute Gasteiger partial charge is 0.326 e. The van der Waals surface area contributed by atoms with Crippen LogP contribution in [0.3, 0.4) is 0 Å². The Morgan fingerprint density at radius 1 is 1.15 bits per heavy atom. The summed E-state index contributed by atoms with van der Waals surface area (Å²) in [5, 5.41) is 13.1. The van der Waals surface area contributed by atoms with Gasteiger partial charge in [0.05, 0.1) is 0 Å². The second-order valence-electron chi connectivity index (χ2n) is 9.14. The SMILES string of the molecule is CC(C1CCC1)N(Cc1ccccc1)C(=O)CN1C(=O)N[C@]2(C=C(O)c3ccccc32)C1=O. The lowest BCUT2D eigenvalue weighted by Gasteiger charge is -2.39. The maximum absolute atomic E-state index is 13.5. The zero-order valence-corrected chi connectivity index (χ0v) is 18.5. The Labute approximate surface area is 192 Å². The van der Waals surface area contributed by atoms with E-state index in [1.807, 2.05) is 37.3 Å². The molecule has 2 N–H and O–H groups in total. The number of amides is 4. The Bertz CT molecular complexity index is 1140. The van der Waals surface area contributed by atoms with Crippen molar-refractivity contribution in [2.24, 2.45) is 5.92 Å². The van der Waals surface area contributed by atoms with Crippen LogP contribution in [0.15, 0.2) is 60.7 Å². The van der Waals surface area contributed by atoms with Crippen molar-refractivity contribution in [2.75, 3.05) is 6.54 Å². The number of hydrogen-bond acceptors (Lipinski definition) is 4. The Morgan fingerprint density at radius 2 is 1.85 bits per heavy atom. The summed E-state index contributed by atoms with van der Waals surface area (Å²) in [6, 6.07) is 16.0. The van der Waals surface area contributed by atoms with Crippen LogP contribution in [0.25, 0.3) is 5.76 Å². The molecule has 170 valence electrons. The molecule has 7 nitrogen and oxygen atoms in total. The summed E-state index contributed by atoms with van der Waals surface area (Å²) in [5.41, 5.74) is 0.550. The average Bonchev–Trinajstić information content (AvgIpc) is 3.19. The molecular weight excluding hydrogens is 418 g/mol. The highest BCUT2D eigenvalue weighted by Crippen LogP contribution is 2.41. The van der Waals surface area contributed by atoms with Crippen molar-refractivity contribution in [3.63, 3.8) is 0 Å². The highest BCUT2D eigenvalue weighted by Gasteiger charge is 2.55. The van der Waals surface area contributed by atoms with Gasteiger partial charge in [-0.2, -0.15) is 0 Å². The number of fused-ring (bicyclic) bond motifs is 2. The predicted molar refractivity (Wildman–Crippen MR) is 123 cm³/mol. The van der Waals surface area contributed by atoms with Gasteiger partial charge in [-0.05, 0) is 37.3 Å². The van der Waals surface area contributed by atoms with Gasteiger partial charge >= 0.3 is 6.03 Å². The van der Waals surface area contributed by atoms with Crippen molar-refractivity contribution in [1.29, 1.82) is 0 Å². The van der Waals surface area contributed by atoms with Gasteiger partial charge in [-0.3, -0.25) is 14.5 Å². The third-order valence-corrected chi connectivity index (χ3v) is 7.25. The first-order chi connectivity index (χ1) is 15.9. The largest absolute Gasteiger partial charge is 0.508 e. The van der Waals surface area contributed by atoms with E-state index in [0.29, 0.717) is 23.6 Å². The third kappa shape index (κ3) is 3.48. The van der Waals surface area contributed by atoms with Gasteiger partial charge in [0.15, 0.2) is 5.54 Å². The van der Waals surface area contributed by atoms with E-state index in [1.54, 1.807) is 29.2 Å². The molecule has 2 aliphatic carbocycles. The molecule has 0 radical (unpaired) electrons. The Kier molecular flexibility index (Phi) is 5.19. The number of rotatable bonds is 6. The highest BCUT2D eigenvalue weighted by molar-refractivity contribution is 6.12. The number of carbonyl (C=O) groups is 3. The van der Waals surface area contributed by atoms with Gasteiger partial charge in [-0.25, -0.2) is 4.79 Å². The number of carbonyl (C=O) groups excluding carboxylic acids is 3. The number of nitrogens with zero attached hydrogens (tertiary/aromatic N) is 2. The summed E-state index contributed by atoms with van der Waals surface area (Å²) in [5.74, 6) is -0.447. The number of aliphatic hydroxyl groups excluding tert-OH is 1. The molecule has 4 amide bonds. The van der Waals surface area contributed by atoms with Crippen LogP contribution in [0, 0.1) is 5.92 Å². The first kappa shape index (κ1) is 21.2. The minimum absolute atomic E-state index is 0.0114. The van der Waals surface area contributed by atoms with Crippen LogP contribution in [0.5, 0.6) is 0 Å². The molecule has 0 aromatic heterocycles. The lowest BCUT2D eigenvalue weighted by Crippen LogP contribution is -2.49. The van der Waals surface area contributed by atoms with Gasteiger partial charge in [0.25, 0.3) is 5.91 Å². The number of imide groups is 1. The minimum atomic E-state index is -1.47. The van der Waals surface area contributed by atoms with E-state index in [2.05, 4.69) is 5.32 Å². The number of hydrogen-bond donors (Lipinski definition) is 2. The number of benzene rings is 2. The monoisotopic (exact) mass is 445 g/mol. The first-order valence-corrected chi connectivity index (χ1v) is 11.4. The quantitative estimate of drug-likeness (QED) is 0.666. The minimum Gasteiger partial charge on any atom is -0.508 e. The van der Waals surface area contributed by atoms with E-state index in [0.717, 1.165) is 29.7 Å². The van der Waals surface area contributed by atoms with Crippen LogP contribution >= 0.6 is 0 Å². The van der Waals surface area contributed by atoms with Crippen molar-refractivity contribution in [1.82, 2.24) is 15.1 Å². The maximum atomic E-state index is 13.5. The molecule has 7 heteroatoms. The molecule has 2 aromatic rings. The van der Waals surface area contributed by atoms with Crippen LogP contribution in [0.2, 0.25) is 0 Å². The lowest BCUT2D eigenvalue weighted by atomic mass is 9.79. The van der Waals surface area contributed by atoms with Gasteiger partial charge in [-0.15, -0.1) is 0 Å². The van der Waals surface area contributed by atoms with Crippen molar-refractivity contribution in [3.8, 4) is 0 Å². The fourth-order valence-electron chi connectivity index (χ4n) is 5.07. The second kappa shape index (κ2) is 8.06. The average molecular weight is 446 g/mol. The summed E-state index contributed by atoms with van der Waals surface area (Å²) < 4.78 is 0. The Hall–Kier alpha value is -3.61. The van der Waals surface area contributed by atoms with Gasteiger partial charge < -0.3 is 15.3 Å². The van der Waals surface area contributed by atoms with Gasteiger partial charge in [0.2, 0.25) is 5.91 Å². The second-order valence-corrected chi connectivity index (χ2v) is 9.14. The molecule has 1 aliphatic heterocycles. The zero-order chi connectivity index (χ0) is 23.2. The van der Waals surface area contributed by atoms with Crippen molar-refractivity contribution < 1.29 is 19.5 Å². The normalized spacial score (nSPS) is 22.6. The van der Waals surface area contributed by atoms with Crippen molar-refractivity contribution in [3.05, 3.63) is 77.4 Å². The van der Waals surface area contributed by atoms with Gasteiger partial charge in [-0.1, -0.05) is 61.0 Å². The van der Waals surface area contributed by atoms with E-state index in [9.17, 15) is 19.5 Å². The summed E-state index contributed by atoms with van der Waals surface area (Å²) in [6.07, 6.45) is 4.67. The molecule has 1 saturated heterocycles. The number of nitrogens with one attached hydrogen (secondary N) is 1. The highest BCUT2D eigenvalue weighted by atomic mass is 16.3. The summed E-state index contributed by atoms with van der Waals surface area (Å²) in [4.78, 5) is 42.6. The van der Waals surface area contributed by atoms with Crippen LogP contribution < -0.4 is 5.32 Å². The molecule has 1 saturated carbocycles. The van der Waals surface area contributed by atoms with E-state index in [4.69, 9.17) is 0 Å². The summed E-state index contributed by atoms with van der Waals surface area (Å²) in [6.45, 7) is 2.13. The van der Waals surface area contributed by atoms with E-state index >= 15 is 0 Å². The third-order valence-electron chi connectivity index (χ3n) is 7.25. The number of aliphatic hydroxyl groups is 1. The topological polar surface area (TPSA) is 90.0 Å². The van der Waals surface area contributed by atoms with Gasteiger partial charge in [0.1, 0.15) is 12.3 Å². The Balaban J connectivity index is 1.40. The fourth-order valence-corrected chi connectivity index (χ4v) is 5.07. The fraction of sp³-hybridized carbons (Fsp3) is 0.346. The Morgan fingerprint density at radius 3 is 2.55 bits per heavy atom. The lowest BCUT2D eigenvalue weighted by molar-refractivity contribution is -0.141. The zero-order valence-electron chi connectivity index (χ0n) is 18.5. The molecule has 0 bridgehead atoms. The molecule has 2 aromatic carbocycles. The van der Waals surface area contributed by atoms with Crippen LogP contribution in [0.4, 0.5) is 4.79 Å². The first-order valence-electron chi connectivity index (χ1n) is 11.4. The molecule has 1 unspecified atom stereocenters. The molecular formula is C26H27N3O4. The van der Waals surface area contributed by atoms with E-state index in [-0.39, 0.29) is 24.3 Å². The molecule has 33 heavy (non-hydrogen) atoms. The van der Waals surface area contributed by atoms with Crippen molar-refractivity contribution in [2.45, 2.75) is 44.3 Å². The standard InChI is InChI=1S/C26H27N3O4/c1-17(19-10-7-11-19)28(15-18-8-3-2-4-9-18)23(31)16-29-24(32)26(27-25(29)33)14-22(30)20-12-5-6-13-21(20)26/h2-6,8-9,12-14,17,19,30H,7,10-11,15-16H2,1H3,(H,27,33)/t17?,26-/m0/s1.